The Morgan fingerprint density at radius 2 is 2.10 bits per heavy atom. The van der Waals surface area contributed by atoms with E-state index in [1.54, 1.807) is 13.0 Å². The number of nitrogens with zero attached hydrogens (tertiary/aromatic N) is 1. The number of hydrogen-bond acceptors (Lipinski definition) is 4. The highest BCUT2D eigenvalue weighted by atomic mass is 16.4. The van der Waals surface area contributed by atoms with Crippen LogP contribution in [0.3, 0.4) is 0 Å². The molecule has 6 nitrogen and oxygen atoms in total. The molecule has 1 aromatic rings. The molecule has 0 aliphatic carbocycles. The van der Waals surface area contributed by atoms with Gasteiger partial charge >= 0.3 is 5.97 Å². The maximum absolute atomic E-state index is 11.5. The number of aliphatic carboxylic acids is 1. The molecule has 0 spiro atoms. The summed E-state index contributed by atoms with van der Waals surface area (Å²) in [6.45, 7) is 5.57. The lowest BCUT2D eigenvalue weighted by atomic mass is 10.1. The number of rotatable bonds is 7. The summed E-state index contributed by atoms with van der Waals surface area (Å²) in [6.07, 6.45) is 1.49. The third-order valence-corrected chi connectivity index (χ3v) is 2.99. The third kappa shape index (κ3) is 4.22. The molecule has 1 unspecified atom stereocenters. The van der Waals surface area contributed by atoms with E-state index >= 15 is 0 Å². The molecule has 20 heavy (non-hydrogen) atoms. The smallest absolute Gasteiger partial charge is 0.305 e. The summed E-state index contributed by atoms with van der Waals surface area (Å²) >= 11 is 0. The van der Waals surface area contributed by atoms with Crippen LogP contribution in [-0.4, -0.2) is 28.0 Å². The van der Waals surface area contributed by atoms with Crippen molar-refractivity contribution in [3.8, 4) is 0 Å². The van der Waals surface area contributed by atoms with Crippen molar-refractivity contribution < 1.29 is 14.7 Å². The number of pyridine rings is 1. The Balaban J connectivity index is 3.10. The summed E-state index contributed by atoms with van der Waals surface area (Å²) in [6, 6.07) is 1.50. The highest BCUT2D eigenvalue weighted by Crippen LogP contribution is 2.20. The van der Waals surface area contributed by atoms with Gasteiger partial charge in [0, 0.05) is 11.7 Å². The molecule has 0 saturated heterocycles. The molecule has 110 valence electrons. The van der Waals surface area contributed by atoms with Gasteiger partial charge in [-0.25, -0.2) is 4.98 Å². The molecule has 1 amide bonds. The van der Waals surface area contributed by atoms with Crippen molar-refractivity contribution in [2.24, 2.45) is 5.73 Å². The number of anilines is 1. The number of nitrogens with one attached hydrogen (secondary N) is 1. The average Bonchev–Trinajstić information content (AvgIpc) is 2.26. The fourth-order valence-corrected chi connectivity index (χ4v) is 2.23. The third-order valence-electron chi connectivity index (χ3n) is 2.99. The van der Waals surface area contributed by atoms with Crippen LogP contribution >= 0.6 is 0 Å². The van der Waals surface area contributed by atoms with E-state index < -0.39 is 11.9 Å². The zero-order valence-corrected chi connectivity index (χ0v) is 12.1. The van der Waals surface area contributed by atoms with Crippen molar-refractivity contribution >= 4 is 17.7 Å². The number of carbonyl (C=O) groups excluding carboxylic acids is 1. The second-order valence-electron chi connectivity index (χ2n) is 4.90. The molecule has 0 radical (unpaired) electrons. The minimum Gasteiger partial charge on any atom is -0.481 e. The van der Waals surface area contributed by atoms with E-state index in [0.717, 1.165) is 17.7 Å². The van der Waals surface area contributed by atoms with Gasteiger partial charge in [-0.15, -0.1) is 0 Å². The largest absolute Gasteiger partial charge is 0.481 e. The lowest BCUT2D eigenvalue weighted by Gasteiger charge is -2.19. The lowest BCUT2D eigenvalue weighted by Crippen LogP contribution is -2.26. The number of aryl methyl sites for hydroxylation is 2. The number of aromatic nitrogens is 1. The quantitative estimate of drug-likeness (QED) is 0.706. The summed E-state index contributed by atoms with van der Waals surface area (Å²) in [5, 5.41) is 12.0. The van der Waals surface area contributed by atoms with Crippen LogP contribution in [0.4, 0.5) is 5.82 Å². The second kappa shape index (κ2) is 6.88. The van der Waals surface area contributed by atoms with E-state index in [1.165, 1.54) is 0 Å². The van der Waals surface area contributed by atoms with E-state index in [-0.39, 0.29) is 12.5 Å². The van der Waals surface area contributed by atoms with Gasteiger partial charge in [0.1, 0.15) is 5.82 Å². The van der Waals surface area contributed by atoms with Crippen molar-refractivity contribution in [2.45, 2.75) is 46.1 Å². The molecule has 4 N–H and O–H groups in total. The maximum Gasteiger partial charge on any atom is 0.305 e. The molecule has 1 rings (SSSR count). The number of primary amides is 1. The topological polar surface area (TPSA) is 105 Å². The van der Waals surface area contributed by atoms with Gasteiger partial charge in [-0.2, -0.15) is 0 Å². The van der Waals surface area contributed by atoms with Gasteiger partial charge in [0.25, 0.3) is 5.91 Å². The maximum atomic E-state index is 11.5. The number of amides is 1. The minimum atomic E-state index is -0.888. The first-order chi connectivity index (χ1) is 9.35. The van der Waals surface area contributed by atoms with Gasteiger partial charge in [-0.3, -0.25) is 9.59 Å². The van der Waals surface area contributed by atoms with Crippen LogP contribution in [0, 0.1) is 13.8 Å². The summed E-state index contributed by atoms with van der Waals surface area (Å²) in [4.78, 5) is 26.7. The Bertz CT molecular complexity index is 515. The fourth-order valence-electron chi connectivity index (χ4n) is 2.23. The first kappa shape index (κ1) is 15.9. The molecule has 0 aliphatic rings. The number of hydrogen-bond donors (Lipinski definition) is 3. The minimum absolute atomic E-state index is 0.0271. The Hall–Kier alpha value is -2.11. The van der Waals surface area contributed by atoms with Crippen LogP contribution in [0.15, 0.2) is 6.07 Å². The molecule has 0 fully saturated rings. The molecular weight excluding hydrogens is 258 g/mol. The lowest BCUT2D eigenvalue weighted by molar-refractivity contribution is -0.137. The van der Waals surface area contributed by atoms with Crippen molar-refractivity contribution in [3.63, 3.8) is 0 Å². The second-order valence-corrected chi connectivity index (χ2v) is 4.90. The monoisotopic (exact) mass is 279 g/mol. The van der Waals surface area contributed by atoms with Crippen LogP contribution in [0.5, 0.6) is 0 Å². The first-order valence-corrected chi connectivity index (χ1v) is 6.61. The van der Waals surface area contributed by atoms with Crippen molar-refractivity contribution in [1.82, 2.24) is 4.98 Å². The van der Waals surface area contributed by atoms with Crippen molar-refractivity contribution in [3.05, 3.63) is 22.9 Å². The Labute approximate surface area is 118 Å². The predicted molar refractivity (Wildman–Crippen MR) is 76.8 cm³/mol. The normalized spacial score (nSPS) is 11.9. The number of carboxylic acids is 1. The molecule has 1 aromatic heterocycles. The number of carbonyl (C=O) groups is 2. The molecule has 0 aliphatic heterocycles. The number of carboxylic acid groups (broad SMARTS) is 1. The van der Waals surface area contributed by atoms with Gasteiger partial charge in [-0.05, 0) is 31.9 Å². The zero-order chi connectivity index (χ0) is 15.3. The van der Waals surface area contributed by atoms with Crippen LogP contribution < -0.4 is 11.1 Å². The molecule has 0 aromatic carbocycles. The SMILES string of the molecule is CCCC(CC(=O)O)Nc1nc(C)cc(C)c1C(N)=O. The van der Waals surface area contributed by atoms with Gasteiger partial charge in [0.05, 0.1) is 12.0 Å². The van der Waals surface area contributed by atoms with E-state index in [1.807, 2.05) is 13.8 Å². The average molecular weight is 279 g/mol. The molecule has 1 atom stereocenters. The molecule has 6 heteroatoms. The Morgan fingerprint density at radius 1 is 1.45 bits per heavy atom. The standard InChI is InChI=1S/C14H21N3O3/c1-4-5-10(7-11(18)19)17-14-12(13(15)20)8(2)6-9(3)16-14/h6,10H,4-5,7H2,1-3H3,(H2,15,20)(H,16,17)(H,18,19). The fraction of sp³-hybridized carbons (Fsp3) is 0.500. The van der Waals surface area contributed by atoms with Crippen LogP contribution in [0.25, 0.3) is 0 Å². The molecule has 1 heterocycles. The van der Waals surface area contributed by atoms with E-state index in [0.29, 0.717) is 17.8 Å². The predicted octanol–water partition coefficient (Wildman–Crippen LogP) is 1.85. The zero-order valence-electron chi connectivity index (χ0n) is 12.1. The van der Waals surface area contributed by atoms with Crippen LogP contribution in [0.1, 0.15) is 47.8 Å². The van der Waals surface area contributed by atoms with Crippen LogP contribution in [-0.2, 0) is 4.79 Å². The van der Waals surface area contributed by atoms with Gasteiger partial charge in [-0.1, -0.05) is 13.3 Å². The summed E-state index contributed by atoms with van der Waals surface area (Å²) in [5.74, 6) is -1.08. The van der Waals surface area contributed by atoms with E-state index in [2.05, 4.69) is 10.3 Å². The van der Waals surface area contributed by atoms with Gasteiger partial charge in [0.2, 0.25) is 0 Å². The summed E-state index contributed by atoms with van der Waals surface area (Å²) in [5.41, 5.74) is 7.19. The Kier molecular flexibility index (Phi) is 5.49. The Morgan fingerprint density at radius 3 is 2.60 bits per heavy atom. The summed E-state index contributed by atoms with van der Waals surface area (Å²) in [7, 11) is 0. The van der Waals surface area contributed by atoms with Gasteiger partial charge < -0.3 is 16.2 Å². The molecule has 0 bridgehead atoms. The summed E-state index contributed by atoms with van der Waals surface area (Å²) < 4.78 is 0. The van der Waals surface area contributed by atoms with Crippen molar-refractivity contribution in [1.29, 1.82) is 0 Å². The van der Waals surface area contributed by atoms with Crippen molar-refractivity contribution in [2.75, 3.05) is 5.32 Å². The van der Waals surface area contributed by atoms with E-state index in [4.69, 9.17) is 10.8 Å². The van der Waals surface area contributed by atoms with E-state index in [9.17, 15) is 9.59 Å². The molecule has 0 saturated carbocycles. The molecular formula is C14H21N3O3. The van der Waals surface area contributed by atoms with Gasteiger partial charge in [0.15, 0.2) is 0 Å². The number of nitrogens with two attached hydrogens (primary N) is 1. The highest BCUT2D eigenvalue weighted by Gasteiger charge is 2.18. The highest BCUT2D eigenvalue weighted by molar-refractivity contribution is 5.99. The first-order valence-electron chi connectivity index (χ1n) is 6.61. The van der Waals surface area contributed by atoms with Crippen LogP contribution in [0.2, 0.25) is 0 Å².